The highest BCUT2D eigenvalue weighted by Gasteiger charge is 2.25. The Labute approximate surface area is 181 Å². The monoisotopic (exact) mass is 424 g/mol. The summed E-state index contributed by atoms with van der Waals surface area (Å²) in [6.07, 6.45) is 2.58. The summed E-state index contributed by atoms with van der Waals surface area (Å²) >= 11 is 0. The smallest absolute Gasteiger partial charge is 0.230 e. The molecule has 0 spiro atoms. The summed E-state index contributed by atoms with van der Waals surface area (Å²) in [6.45, 7) is 9.87. The third-order valence-electron chi connectivity index (χ3n) is 5.79. The van der Waals surface area contributed by atoms with Crippen LogP contribution in [0.5, 0.6) is 5.88 Å². The van der Waals surface area contributed by atoms with Crippen molar-refractivity contribution in [2.75, 3.05) is 44.3 Å². The van der Waals surface area contributed by atoms with E-state index in [0.29, 0.717) is 30.8 Å². The summed E-state index contributed by atoms with van der Waals surface area (Å²) in [4.78, 5) is 13.5. The predicted octanol–water partition coefficient (Wildman–Crippen LogP) is 2.63. The van der Waals surface area contributed by atoms with Crippen molar-refractivity contribution in [1.82, 2.24) is 25.1 Å². The van der Waals surface area contributed by atoms with Crippen molar-refractivity contribution in [2.45, 2.75) is 38.8 Å². The van der Waals surface area contributed by atoms with Crippen molar-refractivity contribution in [3.8, 4) is 5.88 Å². The van der Waals surface area contributed by atoms with Gasteiger partial charge < -0.3 is 18.8 Å². The molecule has 9 heteroatoms. The van der Waals surface area contributed by atoms with Crippen molar-refractivity contribution in [2.24, 2.45) is 0 Å². The van der Waals surface area contributed by atoms with Gasteiger partial charge in [0.15, 0.2) is 0 Å². The molecule has 4 heterocycles. The van der Waals surface area contributed by atoms with E-state index in [1.807, 2.05) is 19.9 Å². The van der Waals surface area contributed by atoms with Crippen LogP contribution in [0.1, 0.15) is 38.0 Å². The molecule has 164 valence electrons. The molecule has 0 N–H and O–H groups in total. The first kappa shape index (κ1) is 20.1. The molecule has 2 fully saturated rings. The van der Waals surface area contributed by atoms with Gasteiger partial charge in [0.25, 0.3) is 0 Å². The molecule has 0 amide bonds. The van der Waals surface area contributed by atoms with Gasteiger partial charge in [-0.05, 0) is 38.5 Å². The highest BCUT2D eigenvalue weighted by atomic mass is 16.5. The largest absolute Gasteiger partial charge is 0.474 e. The topological polar surface area (TPSA) is 89.6 Å². The number of rotatable bonds is 6. The SMILES string of the molecule is CC(C)Oc1ncnc2ccc(N3CCN(Cc4nnc(C5CCOC5)o4)CC3)cc12. The fourth-order valence-electron chi connectivity index (χ4n) is 4.12. The van der Waals surface area contributed by atoms with Gasteiger partial charge in [-0.2, -0.15) is 0 Å². The Morgan fingerprint density at radius 2 is 2.00 bits per heavy atom. The molecule has 31 heavy (non-hydrogen) atoms. The minimum Gasteiger partial charge on any atom is -0.474 e. The lowest BCUT2D eigenvalue weighted by Gasteiger charge is -2.35. The maximum Gasteiger partial charge on any atom is 0.230 e. The highest BCUT2D eigenvalue weighted by Crippen LogP contribution is 2.28. The van der Waals surface area contributed by atoms with Gasteiger partial charge in [-0.3, -0.25) is 4.90 Å². The van der Waals surface area contributed by atoms with Gasteiger partial charge in [0.1, 0.15) is 6.33 Å². The zero-order chi connectivity index (χ0) is 21.2. The Kier molecular flexibility index (Phi) is 5.69. The Morgan fingerprint density at radius 3 is 2.77 bits per heavy atom. The first-order valence-corrected chi connectivity index (χ1v) is 10.9. The molecule has 3 aromatic rings. The molecule has 2 aromatic heterocycles. The number of hydrogen-bond donors (Lipinski definition) is 0. The molecule has 1 aromatic carbocycles. The van der Waals surface area contributed by atoms with Gasteiger partial charge in [-0.1, -0.05) is 0 Å². The van der Waals surface area contributed by atoms with E-state index >= 15 is 0 Å². The Morgan fingerprint density at radius 1 is 1.13 bits per heavy atom. The molecule has 9 nitrogen and oxygen atoms in total. The van der Waals surface area contributed by atoms with Crippen LogP contribution in [0.3, 0.4) is 0 Å². The number of benzene rings is 1. The first-order valence-electron chi connectivity index (χ1n) is 10.9. The van der Waals surface area contributed by atoms with E-state index in [0.717, 1.165) is 55.8 Å². The second-order valence-electron chi connectivity index (χ2n) is 8.40. The van der Waals surface area contributed by atoms with Gasteiger partial charge in [0.2, 0.25) is 17.7 Å². The molecule has 2 saturated heterocycles. The van der Waals surface area contributed by atoms with Crippen LogP contribution in [0.25, 0.3) is 10.9 Å². The van der Waals surface area contributed by atoms with Crippen LogP contribution in [0.2, 0.25) is 0 Å². The van der Waals surface area contributed by atoms with Gasteiger partial charge in [0, 0.05) is 38.5 Å². The van der Waals surface area contributed by atoms with Crippen molar-refractivity contribution in [1.29, 1.82) is 0 Å². The molecular formula is C22H28N6O3. The minimum atomic E-state index is 0.0664. The number of aromatic nitrogens is 4. The highest BCUT2D eigenvalue weighted by molar-refractivity contribution is 5.86. The average molecular weight is 425 g/mol. The summed E-state index contributed by atoms with van der Waals surface area (Å²) in [5, 5.41) is 9.42. The maximum atomic E-state index is 5.89. The van der Waals surface area contributed by atoms with Crippen LogP contribution >= 0.6 is 0 Å². The molecule has 0 bridgehead atoms. The molecule has 0 aliphatic carbocycles. The van der Waals surface area contributed by atoms with Crippen LogP contribution < -0.4 is 9.64 Å². The van der Waals surface area contributed by atoms with E-state index in [2.05, 4.69) is 42.1 Å². The number of ether oxygens (including phenoxy) is 2. The zero-order valence-corrected chi connectivity index (χ0v) is 18.0. The van der Waals surface area contributed by atoms with Crippen LogP contribution in [-0.2, 0) is 11.3 Å². The summed E-state index contributed by atoms with van der Waals surface area (Å²) < 4.78 is 17.2. The number of nitrogens with zero attached hydrogens (tertiary/aromatic N) is 6. The third-order valence-corrected chi connectivity index (χ3v) is 5.79. The fraction of sp³-hybridized carbons (Fsp3) is 0.545. The lowest BCUT2D eigenvalue weighted by molar-refractivity contribution is 0.189. The normalized spacial score (nSPS) is 20.1. The number of anilines is 1. The van der Waals surface area contributed by atoms with Gasteiger partial charge >= 0.3 is 0 Å². The van der Waals surface area contributed by atoms with Gasteiger partial charge in [-0.15, -0.1) is 10.2 Å². The average Bonchev–Trinajstić information content (AvgIpc) is 3.46. The quantitative estimate of drug-likeness (QED) is 0.592. The van der Waals surface area contributed by atoms with E-state index in [9.17, 15) is 0 Å². The summed E-state index contributed by atoms with van der Waals surface area (Å²) in [6, 6.07) is 6.30. The van der Waals surface area contributed by atoms with Crippen molar-refractivity contribution in [3.63, 3.8) is 0 Å². The van der Waals surface area contributed by atoms with Crippen molar-refractivity contribution in [3.05, 3.63) is 36.3 Å². The van der Waals surface area contributed by atoms with Crippen LogP contribution in [-0.4, -0.2) is 70.6 Å². The first-order chi connectivity index (χ1) is 15.2. The van der Waals surface area contributed by atoms with E-state index < -0.39 is 0 Å². The van der Waals surface area contributed by atoms with Crippen molar-refractivity contribution < 1.29 is 13.9 Å². The molecule has 2 aliphatic rings. The lowest BCUT2D eigenvalue weighted by Crippen LogP contribution is -2.46. The van der Waals surface area contributed by atoms with Gasteiger partial charge in [0.05, 0.1) is 36.1 Å². The second-order valence-corrected chi connectivity index (χ2v) is 8.40. The van der Waals surface area contributed by atoms with Crippen LogP contribution in [0.15, 0.2) is 28.9 Å². The predicted molar refractivity (Wildman–Crippen MR) is 115 cm³/mol. The Hall–Kier alpha value is -2.78. The molecule has 0 saturated carbocycles. The van der Waals surface area contributed by atoms with E-state index in [4.69, 9.17) is 13.9 Å². The summed E-state index contributed by atoms with van der Waals surface area (Å²) in [5.41, 5.74) is 2.06. The van der Waals surface area contributed by atoms with Crippen LogP contribution in [0.4, 0.5) is 5.69 Å². The molecule has 5 rings (SSSR count). The maximum absolute atomic E-state index is 5.89. The lowest BCUT2D eigenvalue weighted by atomic mass is 10.1. The molecule has 1 atom stereocenters. The minimum absolute atomic E-state index is 0.0664. The Bertz CT molecular complexity index is 1030. The number of hydrogen-bond acceptors (Lipinski definition) is 9. The standard InChI is InChI=1S/C22H28N6O3/c1-15(2)30-22-18-11-17(3-4-19(18)23-14-24-22)28-8-6-27(7-9-28)12-20-25-26-21(31-20)16-5-10-29-13-16/h3-4,11,14-16H,5-10,12-13H2,1-2H3. The molecular weight excluding hydrogens is 396 g/mol. The molecule has 1 unspecified atom stereocenters. The summed E-state index contributed by atoms with van der Waals surface area (Å²) in [5.74, 6) is 2.29. The van der Waals surface area contributed by atoms with Crippen LogP contribution in [0, 0.1) is 0 Å². The van der Waals surface area contributed by atoms with Gasteiger partial charge in [-0.25, -0.2) is 9.97 Å². The molecule has 0 radical (unpaired) electrons. The Balaban J connectivity index is 1.22. The van der Waals surface area contributed by atoms with E-state index in [1.54, 1.807) is 6.33 Å². The third kappa shape index (κ3) is 4.47. The van der Waals surface area contributed by atoms with E-state index in [1.165, 1.54) is 0 Å². The number of fused-ring (bicyclic) bond motifs is 1. The second kappa shape index (κ2) is 8.76. The summed E-state index contributed by atoms with van der Waals surface area (Å²) in [7, 11) is 0. The number of piperazine rings is 1. The zero-order valence-electron chi connectivity index (χ0n) is 18.0. The molecule has 2 aliphatic heterocycles. The van der Waals surface area contributed by atoms with Crippen molar-refractivity contribution >= 4 is 16.6 Å². The van der Waals surface area contributed by atoms with E-state index in [-0.39, 0.29) is 12.0 Å². The fourth-order valence-corrected chi connectivity index (χ4v) is 4.12.